The van der Waals surface area contributed by atoms with E-state index in [1.165, 1.54) is 6.33 Å². The van der Waals surface area contributed by atoms with Gasteiger partial charge in [0.05, 0.1) is 12.2 Å². The maximum absolute atomic E-state index is 11.8. The van der Waals surface area contributed by atoms with E-state index in [1.54, 1.807) is 24.3 Å². The highest BCUT2D eigenvalue weighted by Gasteiger charge is 2.05. The Morgan fingerprint density at radius 3 is 2.67 bits per heavy atom. The van der Waals surface area contributed by atoms with E-state index in [4.69, 9.17) is 11.6 Å². The lowest BCUT2D eigenvalue weighted by molar-refractivity contribution is 0.0950. The van der Waals surface area contributed by atoms with Crippen LogP contribution < -0.4 is 5.32 Å². The lowest BCUT2D eigenvalue weighted by Crippen LogP contribution is -2.23. The molecule has 0 fully saturated rings. The van der Waals surface area contributed by atoms with E-state index in [9.17, 15) is 4.79 Å². The van der Waals surface area contributed by atoms with Crippen molar-refractivity contribution in [3.05, 3.63) is 58.6 Å². The maximum atomic E-state index is 11.8. The van der Waals surface area contributed by atoms with Crippen LogP contribution in [0.3, 0.4) is 0 Å². The van der Waals surface area contributed by atoms with Crippen LogP contribution in [0.15, 0.2) is 36.7 Å². The number of hydrogen-bond acceptors (Lipinski definition) is 3. The number of nitrogens with zero attached hydrogens (tertiary/aromatic N) is 2. The van der Waals surface area contributed by atoms with Gasteiger partial charge in [0.15, 0.2) is 0 Å². The second-order valence-electron chi connectivity index (χ2n) is 3.84. The Bertz CT molecular complexity index is 554. The molecule has 2 aromatic rings. The smallest absolute Gasteiger partial charge is 0.251 e. The van der Waals surface area contributed by atoms with Gasteiger partial charge in [-0.25, -0.2) is 9.97 Å². The molecule has 0 spiro atoms. The Balaban J connectivity index is 1.98. The van der Waals surface area contributed by atoms with Crippen LogP contribution in [-0.2, 0) is 6.54 Å². The van der Waals surface area contributed by atoms with Crippen molar-refractivity contribution in [1.82, 2.24) is 15.3 Å². The van der Waals surface area contributed by atoms with Crippen LogP contribution in [0, 0.1) is 6.92 Å². The average Bonchev–Trinajstić information content (AvgIpc) is 2.37. The van der Waals surface area contributed by atoms with Crippen LogP contribution in [-0.4, -0.2) is 15.9 Å². The fourth-order valence-electron chi connectivity index (χ4n) is 1.48. The number of carbonyl (C=O) groups is 1. The molecule has 92 valence electrons. The predicted octanol–water partition coefficient (Wildman–Crippen LogP) is 2.37. The minimum Gasteiger partial charge on any atom is -0.346 e. The van der Waals surface area contributed by atoms with E-state index in [1.807, 2.05) is 13.0 Å². The summed E-state index contributed by atoms with van der Waals surface area (Å²) in [6.07, 6.45) is 1.49. The van der Waals surface area contributed by atoms with E-state index in [0.29, 0.717) is 17.1 Å². The Labute approximate surface area is 110 Å². The molecule has 1 amide bonds. The number of benzene rings is 1. The lowest BCUT2D eigenvalue weighted by atomic mass is 10.2. The molecule has 0 atom stereocenters. The van der Waals surface area contributed by atoms with Crippen molar-refractivity contribution in [3.63, 3.8) is 0 Å². The molecule has 0 bridgehead atoms. The van der Waals surface area contributed by atoms with Gasteiger partial charge in [-0.3, -0.25) is 4.79 Å². The molecule has 1 N–H and O–H groups in total. The number of amides is 1. The van der Waals surface area contributed by atoms with Gasteiger partial charge in [-0.15, -0.1) is 0 Å². The van der Waals surface area contributed by atoms with E-state index in [-0.39, 0.29) is 5.91 Å². The fraction of sp³-hybridized carbons (Fsp3) is 0.154. The van der Waals surface area contributed by atoms with Crippen LogP contribution in [0.5, 0.6) is 0 Å². The highest BCUT2D eigenvalue weighted by molar-refractivity contribution is 6.30. The molecule has 0 radical (unpaired) electrons. The van der Waals surface area contributed by atoms with Crippen LogP contribution in [0.25, 0.3) is 0 Å². The molecule has 5 heteroatoms. The molecule has 0 saturated carbocycles. The number of carbonyl (C=O) groups excluding carboxylic acids is 1. The van der Waals surface area contributed by atoms with E-state index in [0.717, 1.165) is 11.4 Å². The summed E-state index contributed by atoms with van der Waals surface area (Å²) in [5, 5.41) is 3.40. The summed E-state index contributed by atoms with van der Waals surface area (Å²) in [7, 11) is 0. The number of aromatic nitrogens is 2. The molecule has 1 aromatic heterocycles. The van der Waals surface area contributed by atoms with E-state index in [2.05, 4.69) is 15.3 Å². The minimum absolute atomic E-state index is 0.150. The first-order valence-electron chi connectivity index (χ1n) is 5.46. The van der Waals surface area contributed by atoms with Crippen molar-refractivity contribution in [2.24, 2.45) is 0 Å². The van der Waals surface area contributed by atoms with Gasteiger partial charge in [-0.2, -0.15) is 0 Å². The minimum atomic E-state index is -0.150. The van der Waals surface area contributed by atoms with E-state index < -0.39 is 0 Å². The first kappa shape index (κ1) is 12.5. The van der Waals surface area contributed by atoms with Crippen LogP contribution >= 0.6 is 11.6 Å². The SMILES string of the molecule is Cc1cc(CNC(=O)c2ccc(Cl)cc2)ncn1. The normalized spacial score (nSPS) is 10.1. The van der Waals surface area contributed by atoms with Crippen LogP contribution in [0.2, 0.25) is 5.02 Å². The van der Waals surface area contributed by atoms with Gasteiger partial charge < -0.3 is 5.32 Å². The predicted molar refractivity (Wildman–Crippen MR) is 69.4 cm³/mol. The van der Waals surface area contributed by atoms with Gasteiger partial charge in [-0.05, 0) is 37.3 Å². The Morgan fingerprint density at radius 2 is 2.00 bits per heavy atom. The van der Waals surface area contributed by atoms with Gasteiger partial charge in [0.1, 0.15) is 6.33 Å². The molecule has 0 unspecified atom stereocenters. The molecule has 2 rings (SSSR count). The Morgan fingerprint density at radius 1 is 1.28 bits per heavy atom. The van der Waals surface area contributed by atoms with Gasteiger partial charge in [-0.1, -0.05) is 11.6 Å². The molecular weight excluding hydrogens is 250 g/mol. The third-order valence-electron chi connectivity index (χ3n) is 2.40. The first-order valence-corrected chi connectivity index (χ1v) is 5.84. The van der Waals surface area contributed by atoms with Gasteiger partial charge in [0, 0.05) is 16.3 Å². The van der Waals surface area contributed by atoms with Crippen molar-refractivity contribution >= 4 is 17.5 Å². The lowest BCUT2D eigenvalue weighted by Gasteiger charge is -2.05. The number of hydrogen-bond donors (Lipinski definition) is 1. The second kappa shape index (κ2) is 5.60. The molecule has 0 aliphatic heterocycles. The highest BCUT2D eigenvalue weighted by atomic mass is 35.5. The van der Waals surface area contributed by atoms with Gasteiger partial charge >= 0.3 is 0 Å². The average molecular weight is 262 g/mol. The van der Waals surface area contributed by atoms with Crippen molar-refractivity contribution < 1.29 is 4.79 Å². The molecule has 4 nitrogen and oxygen atoms in total. The van der Waals surface area contributed by atoms with Gasteiger partial charge in [0.25, 0.3) is 5.91 Å². The molecule has 1 aromatic carbocycles. The molecule has 18 heavy (non-hydrogen) atoms. The summed E-state index contributed by atoms with van der Waals surface area (Å²) in [6, 6.07) is 8.57. The topological polar surface area (TPSA) is 54.9 Å². The zero-order chi connectivity index (χ0) is 13.0. The third kappa shape index (κ3) is 3.28. The van der Waals surface area contributed by atoms with Crippen molar-refractivity contribution in [2.45, 2.75) is 13.5 Å². The highest BCUT2D eigenvalue weighted by Crippen LogP contribution is 2.09. The molecule has 0 saturated heterocycles. The van der Waals surface area contributed by atoms with Crippen molar-refractivity contribution in [1.29, 1.82) is 0 Å². The Hall–Kier alpha value is -1.94. The summed E-state index contributed by atoms with van der Waals surface area (Å²) in [5.74, 6) is -0.150. The summed E-state index contributed by atoms with van der Waals surface area (Å²) in [5.41, 5.74) is 2.23. The summed E-state index contributed by atoms with van der Waals surface area (Å²) in [4.78, 5) is 19.9. The standard InChI is InChI=1S/C13H12ClN3O/c1-9-6-12(17-8-16-9)7-15-13(18)10-2-4-11(14)5-3-10/h2-6,8H,7H2,1H3,(H,15,18). The van der Waals surface area contributed by atoms with Crippen molar-refractivity contribution in [3.8, 4) is 0 Å². The summed E-state index contributed by atoms with van der Waals surface area (Å²) < 4.78 is 0. The number of halogens is 1. The molecule has 0 aliphatic carbocycles. The zero-order valence-electron chi connectivity index (χ0n) is 9.85. The number of rotatable bonds is 3. The second-order valence-corrected chi connectivity index (χ2v) is 4.28. The van der Waals surface area contributed by atoms with Crippen LogP contribution in [0.4, 0.5) is 0 Å². The number of nitrogens with one attached hydrogen (secondary N) is 1. The third-order valence-corrected chi connectivity index (χ3v) is 2.65. The summed E-state index contributed by atoms with van der Waals surface area (Å²) >= 11 is 5.76. The fourth-order valence-corrected chi connectivity index (χ4v) is 1.61. The largest absolute Gasteiger partial charge is 0.346 e. The molecular formula is C13H12ClN3O. The zero-order valence-corrected chi connectivity index (χ0v) is 10.6. The number of aryl methyl sites for hydroxylation is 1. The maximum Gasteiger partial charge on any atom is 0.251 e. The van der Waals surface area contributed by atoms with Gasteiger partial charge in [0.2, 0.25) is 0 Å². The van der Waals surface area contributed by atoms with Crippen LogP contribution in [0.1, 0.15) is 21.7 Å². The Kier molecular flexibility index (Phi) is 3.89. The molecule has 0 aliphatic rings. The first-order chi connectivity index (χ1) is 8.65. The molecule has 1 heterocycles. The monoisotopic (exact) mass is 261 g/mol. The van der Waals surface area contributed by atoms with E-state index >= 15 is 0 Å². The summed E-state index contributed by atoms with van der Waals surface area (Å²) in [6.45, 7) is 2.26. The van der Waals surface area contributed by atoms with Crippen molar-refractivity contribution in [2.75, 3.05) is 0 Å². The quantitative estimate of drug-likeness (QED) is 0.923.